The molecule has 0 saturated heterocycles. The molecule has 0 spiro atoms. The van der Waals surface area contributed by atoms with Crippen molar-refractivity contribution in [2.45, 2.75) is 0 Å². The van der Waals surface area contributed by atoms with Gasteiger partial charge in [-0.1, -0.05) is 0 Å². The van der Waals surface area contributed by atoms with Gasteiger partial charge in [-0.15, -0.1) is 30.7 Å². The van der Waals surface area contributed by atoms with Crippen molar-refractivity contribution in [3.63, 3.8) is 0 Å². The van der Waals surface area contributed by atoms with Crippen molar-refractivity contribution >= 4 is 0 Å². The molecule has 0 aromatic rings. The molecule has 0 fully saturated rings. The van der Waals surface area contributed by atoms with E-state index in [1.807, 2.05) is 0 Å². The SMILES string of the molecule is N.N.N.N.O.O.[Co+3].[O-][Cl+3]([O-])([O-])[O-].[O-][Cl+3]([O-])([O-])[O-].[O-][Cl+3]([O-])([O-])[O-]. The topological polar surface area (TPSA) is 480 Å². The van der Waals surface area contributed by atoms with Gasteiger partial charge in [0, 0.05) is 0 Å². The fourth-order valence-corrected chi connectivity index (χ4v) is 0. The van der Waals surface area contributed by atoms with Gasteiger partial charge in [0.15, 0.2) is 0 Å². The first-order valence-electron chi connectivity index (χ1n) is 1.85. The van der Waals surface area contributed by atoms with Crippen LogP contribution in [-0.2, 0) is 16.8 Å². The Kier molecular flexibility index (Phi) is 80.0. The number of halogens is 3. The van der Waals surface area contributed by atoms with Gasteiger partial charge in [-0.2, -0.15) is 0 Å². The first-order valence-corrected chi connectivity index (χ1v) is 5.55. The largest absolute Gasteiger partial charge is 3.00 e. The van der Waals surface area contributed by atoms with Gasteiger partial charge in [-0.3, -0.25) is 0 Å². The summed E-state index contributed by atoms with van der Waals surface area (Å²) in [6.07, 6.45) is 0. The molecular weight excluding hydrogens is 445 g/mol. The normalized spacial score (nSPS) is 8.18. The van der Waals surface area contributed by atoms with Crippen molar-refractivity contribution < 1.29 is 114 Å². The van der Waals surface area contributed by atoms with Crippen LogP contribution in [0.4, 0.5) is 0 Å². The van der Waals surface area contributed by atoms with Gasteiger partial charge in [-0.05, 0) is 0 Å². The van der Waals surface area contributed by atoms with E-state index in [2.05, 4.69) is 0 Å². The zero-order chi connectivity index (χ0) is 13.5. The van der Waals surface area contributed by atoms with E-state index < -0.39 is 30.7 Å². The quantitative estimate of drug-likeness (QED) is 0.260. The fourth-order valence-electron chi connectivity index (χ4n) is 0. The van der Waals surface area contributed by atoms with Crippen LogP contribution in [0.5, 0.6) is 0 Å². The van der Waals surface area contributed by atoms with Gasteiger partial charge in [-0.25, -0.2) is 55.9 Å². The van der Waals surface area contributed by atoms with Crippen LogP contribution in [0.1, 0.15) is 0 Å². The van der Waals surface area contributed by atoms with E-state index in [1.54, 1.807) is 0 Å². The molecule has 0 aromatic carbocycles. The Labute approximate surface area is 139 Å². The molecular formula is H16Cl3CoN4O14. The van der Waals surface area contributed by atoms with Crippen LogP contribution in [0.3, 0.4) is 0 Å². The van der Waals surface area contributed by atoms with E-state index >= 15 is 0 Å². The Morgan fingerprint density at radius 1 is 0.318 bits per heavy atom. The molecule has 0 aliphatic carbocycles. The van der Waals surface area contributed by atoms with E-state index in [-0.39, 0.29) is 52.3 Å². The fraction of sp³-hybridized carbons (Fsp3) is 0. The predicted octanol–water partition coefficient (Wildman–Crippen LogP) is -15.3. The maximum Gasteiger partial charge on any atom is 3.00 e. The molecule has 150 valence electrons. The van der Waals surface area contributed by atoms with Gasteiger partial charge >= 0.3 is 16.8 Å². The van der Waals surface area contributed by atoms with Gasteiger partial charge in [0.25, 0.3) is 0 Å². The number of rotatable bonds is 0. The van der Waals surface area contributed by atoms with E-state index in [0.717, 1.165) is 0 Å². The molecule has 0 rings (SSSR count). The molecule has 16 N–H and O–H groups in total. The first kappa shape index (κ1) is 66.3. The van der Waals surface area contributed by atoms with Gasteiger partial charge in [0.2, 0.25) is 0 Å². The minimum absolute atomic E-state index is 0. The predicted molar refractivity (Wildman–Crippen MR) is 27.3 cm³/mol. The van der Waals surface area contributed by atoms with Gasteiger partial charge < -0.3 is 35.6 Å². The van der Waals surface area contributed by atoms with E-state index in [4.69, 9.17) is 55.9 Å². The number of hydrogen-bond donors (Lipinski definition) is 4. The van der Waals surface area contributed by atoms with Crippen molar-refractivity contribution in [1.29, 1.82) is 0 Å². The molecule has 0 saturated carbocycles. The Hall–Kier alpha value is 0.656. The summed E-state index contributed by atoms with van der Waals surface area (Å²) >= 11 is 0. The summed E-state index contributed by atoms with van der Waals surface area (Å²) < 4.78 is 102. The average Bonchev–Trinajstić information content (AvgIpc) is 1.41. The van der Waals surface area contributed by atoms with E-state index in [1.165, 1.54) is 0 Å². The summed E-state index contributed by atoms with van der Waals surface area (Å²) in [5, 5.41) is 0. The maximum atomic E-state index is 8.49. The Balaban J connectivity index is -0.0000000106. The minimum atomic E-state index is -4.94. The van der Waals surface area contributed by atoms with Crippen molar-refractivity contribution in [1.82, 2.24) is 24.6 Å². The molecule has 0 aliphatic rings. The third-order valence-electron chi connectivity index (χ3n) is 0. The summed E-state index contributed by atoms with van der Waals surface area (Å²) in [4.78, 5) is 0. The number of hydrogen-bond acceptors (Lipinski definition) is 16. The second-order valence-electron chi connectivity index (χ2n) is 1.13. The maximum absolute atomic E-state index is 8.49. The average molecular weight is 461 g/mol. The Morgan fingerprint density at radius 3 is 0.318 bits per heavy atom. The molecule has 0 atom stereocenters. The van der Waals surface area contributed by atoms with Gasteiger partial charge in [0.1, 0.15) is 0 Å². The third kappa shape index (κ3) is 18500. The summed E-state index contributed by atoms with van der Waals surface area (Å²) in [5.41, 5.74) is 0. The molecule has 0 aliphatic heterocycles. The molecule has 0 amide bonds. The van der Waals surface area contributed by atoms with Crippen molar-refractivity contribution in [2.24, 2.45) is 0 Å². The van der Waals surface area contributed by atoms with Crippen LogP contribution >= 0.6 is 0 Å². The van der Waals surface area contributed by atoms with E-state index in [9.17, 15) is 0 Å². The molecule has 0 heterocycles. The zero-order valence-corrected chi connectivity index (χ0v) is 13.5. The van der Waals surface area contributed by atoms with Crippen LogP contribution in [0, 0.1) is 30.7 Å². The molecule has 0 unspecified atom stereocenters. The smallest absolute Gasteiger partial charge is 0.412 e. The molecule has 0 bridgehead atoms. The molecule has 22 heavy (non-hydrogen) atoms. The second kappa shape index (κ2) is 26.5. The molecule has 0 aromatic heterocycles. The monoisotopic (exact) mass is 460 g/mol. The molecule has 18 nitrogen and oxygen atoms in total. The van der Waals surface area contributed by atoms with Crippen LogP contribution in [-0.4, -0.2) is 11.0 Å². The van der Waals surface area contributed by atoms with Crippen molar-refractivity contribution in [2.75, 3.05) is 0 Å². The Morgan fingerprint density at radius 2 is 0.318 bits per heavy atom. The third-order valence-corrected chi connectivity index (χ3v) is 0. The summed E-state index contributed by atoms with van der Waals surface area (Å²) in [6, 6.07) is 0. The Bertz CT molecular complexity index is 107. The molecule has 0 radical (unpaired) electrons. The van der Waals surface area contributed by atoms with Crippen molar-refractivity contribution in [3.05, 3.63) is 0 Å². The zero-order valence-electron chi connectivity index (χ0n) is 10.2. The molecule has 22 heteroatoms. The summed E-state index contributed by atoms with van der Waals surface area (Å²) in [5.74, 6) is 0. The second-order valence-corrected chi connectivity index (χ2v) is 3.40. The van der Waals surface area contributed by atoms with Crippen LogP contribution in [0.15, 0.2) is 0 Å². The standard InChI is InChI=1S/3ClHO4.Co.4H3N.2H2O/c3*2-1(3,4)5;;;;;;;/h3*(H,2,3,4,5);;4*1H3;2*1H2/q;;;+3;;;;;;/p-3. The summed E-state index contributed by atoms with van der Waals surface area (Å²) in [6.45, 7) is 0. The van der Waals surface area contributed by atoms with Crippen LogP contribution in [0.2, 0.25) is 0 Å². The first-order chi connectivity index (χ1) is 6.00. The van der Waals surface area contributed by atoms with Crippen molar-refractivity contribution in [3.8, 4) is 0 Å². The summed E-state index contributed by atoms with van der Waals surface area (Å²) in [7, 11) is -14.8. The van der Waals surface area contributed by atoms with Gasteiger partial charge in [0.05, 0.1) is 0 Å². The van der Waals surface area contributed by atoms with Crippen LogP contribution in [0.25, 0.3) is 0 Å². The minimum Gasteiger partial charge on any atom is -0.412 e. The van der Waals surface area contributed by atoms with E-state index in [0.29, 0.717) is 0 Å². The van der Waals surface area contributed by atoms with Crippen LogP contribution < -0.4 is 80.5 Å².